The summed E-state index contributed by atoms with van der Waals surface area (Å²) < 4.78 is 5.26. The van der Waals surface area contributed by atoms with Gasteiger partial charge in [-0.05, 0) is 19.2 Å². The Morgan fingerprint density at radius 3 is 2.71 bits per heavy atom. The highest BCUT2D eigenvalue weighted by molar-refractivity contribution is 5.80. The van der Waals surface area contributed by atoms with Crippen LogP contribution in [0.1, 0.15) is 0 Å². The fourth-order valence-electron chi connectivity index (χ4n) is 1.64. The summed E-state index contributed by atoms with van der Waals surface area (Å²) in [5, 5.41) is 2.88. The van der Waals surface area contributed by atoms with Gasteiger partial charge in [0.25, 0.3) is 0 Å². The number of para-hydroxylation sites is 2. The second-order valence-electron chi connectivity index (χ2n) is 3.80. The van der Waals surface area contributed by atoms with Crippen LogP contribution in [-0.4, -0.2) is 39.7 Å². The number of amides is 1. The van der Waals surface area contributed by atoms with Gasteiger partial charge in [0.15, 0.2) is 0 Å². The number of methoxy groups -OCH3 is 1. The monoisotopic (exact) mass is 237 g/mol. The Kier molecular flexibility index (Phi) is 4.78. The maximum absolute atomic E-state index is 11.2. The average Bonchev–Trinajstić information content (AvgIpc) is 2.35. The first-order valence-electron chi connectivity index (χ1n) is 5.41. The van der Waals surface area contributed by atoms with Gasteiger partial charge in [0.05, 0.1) is 12.8 Å². The Hall–Kier alpha value is -1.75. The van der Waals surface area contributed by atoms with Gasteiger partial charge in [0.2, 0.25) is 5.91 Å². The van der Waals surface area contributed by atoms with Gasteiger partial charge in [-0.3, -0.25) is 4.79 Å². The molecule has 0 aliphatic heterocycles. The summed E-state index contributed by atoms with van der Waals surface area (Å²) in [5.74, 6) is 0.406. The number of nitrogens with two attached hydrogens (primary N) is 1. The smallest absolute Gasteiger partial charge is 0.236 e. The molecule has 17 heavy (non-hydrogen) atoms. The van der Waals surface area contributed by atoms with Crippen molar-refractivity contribution in [1.82, 2.24) is 5.32 Å². The van der Waals surface area contributed by atoms with Crippen LogP contribution >= 0.6 is 0 Å². The molecule has 5 nitrogen and oxygen atoms in total. The van der Waals surface area contributed by atoms with E-state index in [1.807, 2.05) is 36.2 Å². The van der Waals surface area contributed by atoms with Crippen molar-refractivity contribution < 1.29 is 9.53 Å². The molecule has 0 bridgehead atoms. The topological polar surface area (TPSA) is 67.6 Å². The molecule has 0 heterocycles. The lowest BCUT2D eigenvalue weighted by molar-refractivity contribution is -0.119. The van der Waals surface area contributed by atoms with E-state index in [0.717, 1.165) is 11.4 Å². The average molecular weight is 237 g/mol. The largest absolute Gasteiger partial charge is 0.495 e. The second kappa shape index (κ2) is 6.10. The highest BCUT2D eigenvalue weighted by atomic mass is 16.5. The number of benzene rings is 1. The molecule has 1 rings (SSSR count). The molecule has 0 aromatic heterocycles. The van der Waals surface area contributed by atoms with Crippen molar-refractivity contribution in [3.63, 3.8) is 0 Å². The fourth-order valence-corrected chi connectivity index (χ4v) is 1.64. The number of nitrogens with zero attached hydrogens (tertiary/aromatic N) is 1. The third kappa shape index (κ3) is 3.35. The summed E-state index contributed by atoms with van der Waals surface area (Å²) in [6.45, 7) is 0.492. The number of likely N-dealkylation sites (N-methyl/N-ethyl adjacent to an activating group) is 2. The van der Waals surface area contributed by atoms with Gasteiger partial charge in [-0.2, -0.15) is 0 Å². The van der Waals surface area contributed by atoms with Crippen molar-refractivity contribution in [3.8, 4) is 5.75 Å². The van der Waals surface area contributed by atoms with Crippen molar-refractivity contribution in [2.45, 2.75) is 6.04 Å². The van der Waals surface area contributed by atoms with Crippen molar-refractivity contribution >= 4 is 11.6 Å². The number of nitrogens with one attached hydrogen (secondary N) is 1. The summed E-state index contributed by atoms with van der Waals surface area (Å²) in [7, 11) is 5.23. The van der Waals surface area contributed by atoms with Crippen molar-refractivity contribution in [2.75, 3.05) is 32.6 Å². The number of hydrogen-bond acceptors (Lipinski definition) is 4. The number of carbonyl (C=O) groups is 1. The van der Waals surface area contributed by atoms with Crippen LogP contribution in [0.25, 0.3) is 0 Å². The fraction of sp³-hybridized carbons (Fsp3) is 0.417. The van der Waals surface area contributed by atoms with E-state index in [9.17, 15) is 4.79 Å². The van der Waals surface area contributed by atoms with E-state index in [-0.39, 0.29) is 11.9 Å². The standard InChI is InChI=1S/C12H19N3O2/c1-14-9(12(13)16)8-15(2)10-6-4-5-7-11(10)17-3/h4-7,9,14H,8H2,1-3H3,(H2,13,16). The van der Waals surface area contributed by atoms with E-state index < -0.39 is 0 Å². The summed E-state index contributed by atoms with van der Waals surface area (Å²) >= 11 is 0. The van der Waals surface area contributed by atoms with Crippen LogP contribution in [0.2, 0.25) is 0 Å². The molecule has 0 saturated heterocycles. The molecule has 1 aromatic carbocycles. The number of ether oxygens (including phenoxy) is 1. The molecule has 1 aromatic rings. The van der Waals surface area contributed by atoms with Crippen molar-refractivity contribution in [3.05, 3.63) is 24.3 Å². The summed E-state index contributed by atoms with van der Waals surface area (Å²) in [5.41, 5.74) is 6.21. The maximum Gasteiger partial charge on any atom is 0.236 e. The SMILES string of the molecule is CNC(CN(C)c1ccccc1OC)C(N)=O. The van der Waals surface area contributed by atoms with E-state index in [1.165, 1.54) is 0 Å². The first kappa shape index (κ1) is 13.3. The lowest BCUT2D eigenvalue weighted by Crippen LogP contribution is -2.46. The van der Waals surface area contributed by atoms with Gasteiger partial charge in [-0.25, -0.2) is 0 Å². The quantitative estimate of drug-likeness (QED) is 0.742. The maximum atomic E-state index is 11.2. The van der Waals surface area contributed by atoms with Crippen LogP contribution in [0, 0.1) is 0 Å². The molecule has 1 amide bonds. The Morgan fingerprint density at radius 2 is 2.18 bits per heavy atom. The van der Waals surface area contributed by atoms with Gasteiger partial charge in [-0.15, -0.1) is 0 Å². The van der Waals surface area contributed by atoms with Gasteiger partial charge >= 0.3 is 0 Å². The van der Waals surface area contributed by atoms with Crippen LogP contribution in [0.5, 0.6) is 5.75 Å². The number of hydrogen-bond donors (Lipinski definition) is 2. The molecule has 0 aliphatic rings. The summed E-state index contributed by atoms with van der Waals surface area (Å²) in [6.07, 6.45) is 0. The summed E-state index contributed by atoms with van der Waals surface area (Å²) in [6, 6.07) is 7.26. The van der Waals surface area contributed by atoms with Crippen LogP contribution in [0.15, 0.2) is 24.3 Å². The van der Waals surface area contributed by atoms with E-state index in [2.05, 4.69) is 5.32 Å². The minimum atomic E-state index is -0.384. The number of carbonyl (C=O) groups excluding carboxylic acids is 1. The van der Waals surface area contributed by atoms with Gasteiger partial charge in [-0.1, -0.05) is 12.1 Å². The molecule has 0 fully saturated rings. The Morgan fingerprint density at radius 1 is 1.53 bits per heavy atom. The van der Waals surface area contributed by atoms with Crippen LogP contribution in [0.3, 0.4) is 0 Å². The molecule has 1 unspecified atom stereocenters. The molecule has 0 saturated carbocycles. The van der Waals surface area contributed by atoms with Gasteiger partial charge in [0.1, 0.15) is 11.8 Å². The molecular formula is C12H19N3O2. The van der Waals surface area contributed by atoms with Crippen LogP contribution in [0.4, 0.5) is 5.69 Å². The minimum absolute atomic E-state index is 0.366. The lowest BCUT2D eigenvalue weighted by Gasteiger charge is -2.25. The molecule has 1 atom stereocenters. The number of anilines is 1. The molecule has 0 spiro atoms. The Labute approximate surface area is 102 Å². The first-order chi connectivity index (χ1) is 8.10. The van der Waals surface area contributed by atoms with Gasteiger partial charge < -0.3 is 20.7 Å². The molecular weight excluding hydrogens is 218 g/mol. The molecule has 3 N–H and O–H groups in total. The van der Waals surface area contributed by atoms with Crippen LogP contribution < -0.4 is 20.7 Å². The zero-order valence-electron chi connectivity index (χ0n) is 10.4. The third-order valence-electron chi connectivity index (χ3n) is 2.64. The molecule has 94 valence electrons. The normalized spacial score (nSPS) is 11.9. The molecule has 0 radical (unpaired) electrons. The highest BCUT2D eigenvalue weighted by Crippen LogP contribution is 2.26. The zero-order valence-corrected chi connectivity index (χ0v) is 10.4. The highest BCUT2D eigenvalue weighted by Gasteiger charge is 2.17. The zero-order chi connectivity index (χ0) is 12.8. The third-order valence-corrected chi connectivity index (χ3v) is 2.64. The molecule has 5 heteroatoms. The first-order valence-corrected chi connectivity index (χ1v) is 5.41. The van der Waals surface area contributed by atoms with E-state index >= 15 is 0 Å². The number of rotatable bonds is 6. The van der Waals surface area contributed by atoms with E-state index in [4.69, 9.17) is 10.5 Å². The molecule has 0 aliphatic carbocycles. The second-order valence-corrected chi connectivity index (χ2v) is 3.80. The Balaban J connectivity index is 2.81. The van der Waals surface area contributed by atoms with Crippen LogP contribution in [-0.2, 0) is 4.79 Å². The minimum Gasteiger partial charge on any atom is -0.495 e. The van der Waals surface area contributed by atoms with Crippen molar-refractivity contribution in [1.29, 1.82) is 0 Å². The number of primary amides is 1. The Bertz CT molecular complexity index is 382. The summed E-state index contributed by atoms with van der Waals surface area (Å²) in [4.78, 5) is 13.1. The predicted molar refractivity (Wildman–Crippen MR) is 68.3 cm³/mol. The van der Waals surface area contributed by atoms with Crippen molar-refractivity contribution in [2.24, 2.45) is 5.73 Å². The lowest BCUT2D eigenvalue weighted by atomic mass is 10.2. The predicted octanol–water partition coefficient (Wildman–Crippen LogP) is 0.205. The van der Waals surface area contributed by atoms with Gasteiger partial charge in [0, 0.05) is 13.6 Å². The van der Waals surface area contributed by atoms with E-state index in [0.29, 0.717) is 6.54 Å². The van der Waals surface area contributed by atoms with E-state index in [1.54, 1.807) is 14.2 Å².